The summed E-state index contributed by atoms with van der Waals surface area (Å²) in [7, 11) is 0. The van der Waals surface area contributed by atoms with Gasteiger partial charge in [0.25, 0.3) is 5.91 Å². The molecule has 0 unspecified atom stereocenters. The number of nitrogens with one attached hydrogen (secondary N) is 2. The van der Waals surface area contributed by atoms with E-state index in [0.717, 1.165) is 5.56 Å². The number of amides is 1. The number of aromatic nitrogens is 1. The highest BCUT2D eigenvalue weighted by atomic mass is 79.9. The fraction of sp³-hybridized carbons (Fsp3) is 0.0952. The van der Waals surface area contributed by atoms with E-state index in [4.69, 9.17) is 4.74 Å². The first-order chi connectivity index (χ1) is 14.9. The maximum absolute atomic E-state index is 12.1. The van der Waals surface area contributed by atoms with Gasteiger partial charge in [-0.2, -0.15) is 5.10 Å². The van der Waals surface area contributed by atoms with Crippen molar-refractivity contribution in [1.29, 1.82) is 0 Å². The highest BCUT2D eigenvalue weighted by Gasteiger charge is 2.13. The SMILES string of the molecule is Cc1ccc(NC(=O)COc2ccc(/C=N\Nc3ncccc3[N+](=O)[O-])cc2Br)cc1. The molecule has 10 heteroatoms. The van der Waals surface area contributed by atoms with Crippen LogP contribution in [0.5, 0.6) is 5.75 Å². The van der Waals surface area contributed by atoms with E-state index in [1.54, 1.807) is 18.2 Å². The Morgan fingerprint density at radius 2 is 2.03 bits per heavy atom. The van der Waals surface area contributed by atoms with E-state index in [1.165, 1.54) is 24.5 Å². The molecule has 1 heterocycles. The average Bonchev–Trinajstić information content (AvgIpc) is 2.75. The minimum atomic E-state index is -0.539. The number of rotatable bonds is 8. The Morgan fingerprint density at radius 1 is 1.26 bits per heavy atom. The predicted molar refractivity (Wildman–Crippen MR) is 122 cm³/mol. The molecule has 31 heavy (non-hydrogen) atoms. The number of nitrogens with zero attached hydrogens (tertiary/aromatic N) is 3. The molecule has 3 aromatic rings. The van der Waals surface area contributed by atoms with Crippen molar-refractivity contribution in [3.63, 3.8) is 0 Å². The summed E-state index contributed by atoms with van der Waals surface area (Å²) in [6, 6.07) is 15.4. The van der Waals surface area contributed by atoms with Gasteiger partial charge in [0.1, 0.15) is 5.75 Å². The van der Waals surface area contributed by atoms with Crippen molar-refractivity contribution < 1.29 is 14.5 Å². The largest absolute Gasteiger partial charge is 0.483 e. The van der Waals surface area contributed by atoms with Crippen LogP contribution in [-0.2, 0) is 4.79 Å². The molecule has 3 rings (SSSR count). The minimum Gasteiger partial charge on any atom is -0.483 e. The van der Waals surface area contributed by atoms with Crippen molar-refractivity contribution in [1.82, 2.24) is 4.98 Å². The molecule has 0 aliphatic rings. The van der Waals surface area contributed by atoms with Crippen molar-refractivity contribution in [2.45, 2.75) is 6.92 Å². The second kappa shape index (κ2) is 10.3. The number of hydrazone groups is 1. The number of ether oxygens (including phenoxy) is 1. The number of aryl methyl sites for hydroxylation is 1. The Labute approximate surface area is 186 Å². The van der Waals surface area contributed by atoms with Crippen LogP contribution in [-0.4, -0.2) is 28.6 Å². The summed E-state index contributed by atoms with van der Waals surface area (Å²) in [5, 5.41) is 17.7. The molecule has 0 saturated heterocycles. The number of carbonyl (C=O) groups excluding carboxylic acids is 1. The third-order valence-corrected chi connectivity index (χ3v) is 4.64. The first kappa shape index (κ1) is 21.9. The molecule has 9 nitrogen and oxygen atoms in total. The van der Waals surface area contributed by atoms with Crippen LogP contribution in [0, 0.1) is 17.0 Å². The Balaban J connectivity index is 1.56. The van der Waals surface area contributed by atoms with Gasteiger partial charge in [-0.25, -0.2) is 4.98 Å². The summed E-state index contributed by atoms with van der Waals surface area (Å²) < 4.78 is 6.19. The number of halogens is 1. The highest BCUT2D eigenvalue weighted by molar-refractivity contribution is 9.10. The fourth-order valence-electron chi connectivity index (χ4n) is 2.49. The molecule has 0 aliphatic heterocycles. The number of hydrogen-bond donors (Lipinski definition) is 2. The van der Waals surface area contributed by atoms with Gasteiger partial charge < -0.3 is 10.1 Å². The molecule has 0 fully saturated rings. The fourth-order valence-corrected chi connectivity index (χ4v) is 3.00. The topological polar surface area (TPSA) is 119 Å². The normalized spacial score (nSPS) is 10.6. The summed E-state index contributed by atoms with van der Waals surface area (Å²) >= 11 is 3.40. The van der Waals surface area contributed by atoms with Crippen LogP contribution in [0.1, 0.15) is 11.1 Å². The van der Waals surface area contributed by atoms with Crippen LogP contribution < -0.4 is 15.5 Å². The number of hydrogen-bond acceptors (Lipinski definition) is 7. The standard InChI is InChI=1S/C21H18BrN5O4/c1-14-4-7-16(8-5-14)25-20(28)13-31-19-9-6-15(11-17(19)22)12-24-26-21-18(27(29)30)3-2-10-23-21/h2-12H,13H2,1H3,(H,23,26)(H,25,28)/b24-12-. The summed E-state index contributed by atoms with van der Waals surface area (Å²) in [6.07, 6.45) is 2.92. The number of benzene rings is 2. The van der Waals surface area contributed by atoms with Gasteiger partial charge in [-0.3, -0.25) is 20.3 Å². The van der Waals surface area contributed by atoms with E-state index in [9.17, 15) is 14.9 Å². The van der Waals surface area contributed by atoms with Gasteiger partial charge in [-0.1, -0.05) is 17.7 Å². The zero-order valence-electron chi connectivity index (χ0n) is 16.4. The number of anilines is 2. The Morgan fingerprint density at radius 3 is 2.74 bits per heavy atom. The van der Waals surface area contributed by atoms with Gasteiger partial charge in [0.2, 0.25) is 5.82 Å². The van der Waals surface area contributed by atoms with Crippen molar-refractivity contribution in [3.05, 3.63) is 86.5 Å². The first-order valence-corrected chi connectivity index (χ1v) is 9.89. The molecular weight excluding hydrogens is 466 g/mol. The lowest BCUT2D eigenvalue weighted by molar-refractivity contribution is -0.384. The minimum absolute atomic E-state index is 0.0439. The smallest absolute Gasteiger partial charge is 0.313 e. The molecule has 0 saturated carbocycles. The zero-order valence-corrected chi connectivity index (χ0v) is 18.0. The predicted octanol–water partition coefficient (Wildman–Crippen LogP) is 4.52. The van der Waals surface area contributed by atoms with E-state index in [0.29, 0.717) is 21.5 Å². The molecule has 2 N–H and O–H groups in total. The number of pyridine rings is 1. The van der Waals surface area contributed by atoms with E-state index in [-0.39, 0.29) is 24.0 Å². The molecule has 1 aromatic heterocycles. The Bertz CT molecular complexity index is 1120. The molecule has 0 bridgehead atoms. The lowest BCUT2D eigenvalue weighted by atomic mass is 10.2. The van der Waals surface area contributed by atoms with Crippen LogP contribution in [0.4, 0.5) is 17.2 Å². The van der Waals surface area contributed by atoms with Gasteiger partial charge in [0.15, 0.2) is 6.61 Å². The molecular formula is C21H18BrN5O4. The van der Waals surface area contributed by atoms with Crippen molar-refractivity contribution in [2.24, 2.45) is 5.10 Å². The molecule has 158 valence electrons. The van der Waals surface area contributed by atoms with Crippen molar-refractivity contribution in [3.8, 4) is 5.75 Å². The highest BCUT2D eigenvalue weighted by Crippen LogP contribution is 2.26. The summed E-state index contributed by atoms with van der Waals surface area (Å²) in [5.74, 6) is 0.259. The summed E-state index contributed by atoms with van der Waals surface area (Å²) in [5.41, 5.74) is 4.90. The third kappa shape index (κ3) is 6.34. The van der Waals surface area contributed by atoms with E-state index < -0.39 is 4.92 Å². The van der Waals surface area contributed by atoms with E-state index in [1.807, 2.05) is 31.2 Å². The molecule has 0 spiro atoms. The van der Waals surface area contributed by atoms with Gasteiger partial charge in [-0.15, -0.1) is 0 Å². The third-order valence-electron chi connectivity index (χ3n) is 4.02. The van der Waals surface area contributed by atoms with E-state index >= 15 is 0 Å². The Kier molecular flexibility index (Phi) is 7.28. The first-order valence-electron chi connectivity index (χ1n) is 9.10. The van der Waals surface area contributed by atoms with Crippen LogP contribution in [0.15, 0.2) is 70.4 Å². The maximum atomic E-state index is 12.1. The Hall–Kier alpha value is -3.79. The van der Waals surface area contributed by atoms with Crippen LogP contribution in [0.2, 0.25) is 0 Å². The average molecular weight is 484 g/mol. The van der Waals surface area contributed by atoms with Gasteiger partial charge in [-0.05, 0) is 64.8 Å². The molecule has 1 amide bonds. The van der Waals surface area contributed by atoms with Crippen LogP contribution >= 0.6 is 15.9 Å². The van der Waals surface area contributed by atoms with Gasteiger partial charge in [0.05, 0.1) is 15.6 Å². The van der Waals surface area contributed by atoms with Crippen LogP contribution in [0.3, 0.4) is 0 Å². The zero-order chi connectivity index (χ0) is 22.2. The summed E-state index contributed by atoms with van der Waals surface area (Å²) in [4.78, 5) is 26.4. The lowest BCUT2D eigenvalue weighted by Gasteiger charge is -2.09. The number of nitro groups is 1. The second-order valence-electron chi connectivity index (χ2n) is 6.39. The summed E-state index contributed by atoms with van der Waals surface area (Å²) in [6.45, 7) is 1.82. The number of carbonyl (C=O) groups is 1. The molecule has 0 radical (unpaired) electrons. The van der Waals surface area contributed by atoms with E-state index in [2.05, 4.69) is 36.8 Å². The van der Waals surface area contributed by atoms with Gasteiger partial charge >= 0.3 is 5.69 Å². The van der Waals surface area contributed by atoms with Crippen molar-refractivity contribution >= 4 is 45.2 Å². The second-order valence-corrected chi connectivity index (χ2v) is 7.25. The monoisotopic (exact) mass is 483 g/mol. The molecule has 0 atom stereocenters. The molecule has 0 aliphatic carbocycles. The van der Waals surface area contributed by atoms with Gasteiger partial charge in [0, 0.05) is 18.0 Å². The quantitative estimate of drug-likeness (QED) is 0.276. The lowest BCUT2D eigenvalue weighted by Crippen LogP contribution is -2.20. The molecule has 2 aromatic carbocycles. The maximum Gasteiger partial charge on any atom is 0.313 e. The van der Waals surface area contributed by atoms with Crippen molar-refractivity contribution in [2.75, 3.05) is 17.3 Å². The van der Waals surface area contributed by atoms with Crippen LogP contribution in [0.25, 0.3) is 0 Å².